The zero-order chi connectivity index (χ0) is 17.5. The molecule has 0 amide bonds. The van der Waals surface area contributed by atoms with Crippen LogP contribution in [0.15, 0.2) is 48.5 Å². The third-order valence-electron chi connectivity index (χ3n) is 5.38. The van der Waals surface area contributed by atoms with E-state index in [0.29, 0.717) is 0 Å². The van der Waals surface area contributed by atoms with Crippen molar-refractivity contribution >= 4 is 11.6 Å². The van der Waals surface area contributed by atoms with E-state index in [0.717, 1.165) is 36.1 Å². The van der Waals surface area contributed by atoms with Crippen LogP contribution in [-0.2, 0) is 12.8 Å². The number of rotatable bonds is 7. The molecule has 0 saturated carbocycles. The van der Waals surface area contributed by atoms with Crippen LogP contribution in [-0.4, -0.2) is 31.6 Å². The predicted molar refractivity (Wildman–Crippen MR) is 106 cm³/mol. The van der Waals surface area contributed by atoms with Crippen LogP contribution in [0.1, 0.15) is 30.4 Å². The van der Waals surface area contributed by atoms with Crippen LogP contribution in [0, 0.1) is 5.92 Å². The molecule has 3 heteroatoms. The number of hydrogen-bond acceptors (Lipinski definition) is 2. The lowest BCUT2D eigenvalue weighted by atomic mass is 9.90. The Balaban J connectivity index is 1.41. The summed E-state index contributed by atoms with van der Waals surface area (Å²) < 4.78 is 5.47. The van der Waals surface area contributed by atoms with Gasteiger partial charge in [0, 0.05) is 11.6 Å². The number of halogens is 1. The molecule has 0 spiro atoms. The smallest absolute Gasteiger partial charge is 0.122 e. The Morgan fingerprint density at radius 3 is 2.36 bits per heavy atom. The molecule has 1 saturated heterocycles. The van der Waals surface area contributed by atoms with Crippen molar-refractivity contribution in [3.8, 4) is 5.75 Å². The van der Waals surface area contributed by atoms with Crippen LogP contribution in [0.4, 0.5) is 0 Å². The maximum absolute atomic E-state index is 6.26. The highest BCUT2D eigenvalue weighted by molar-refractivity contribution is 6.31. The highest BCUT2D eigenvalue weighted by Crippen LogP contribution is 2.26. The summed E-state index contributed by atoms with van der Waals surface area (Å²) in [4.78, 5) is 2.59. The fourth-order valence-corrected chi connectivity index (χ4v) is 3.98. The van der Waals surface area contributed by atoms with E-state index < -0.39 is 0 Å². The Labute approximate surface area is 156 Å². The van der Waals surface area contributed by atoms with E-state index in [4.69, 9.17) is 16.3 Å². The van der Waals surface area contributed by atoms with E-state index in [1.807, 2.05) is 18.2 Å². The Bertz CT molecular complexity index is 665. The van der Waals surface area contributed by atoms with E-state index in [9.17, 15) is 0 Å². The van der Waals surface area contributed by atoms with Gasteiger partial charge in [0.15, 0.2) is 0 Å². The SMILES string of the molecule is COc1ccccc1CCC1CCN(CCc2ccccc2Cl)CC1. The van der Waals surface area contributed by atoms with Crippen LogP contribution in [0.3, 0.4) is 0 Å². The number of likely N-dealkylation sites (tertiary alicyclic amines) is 1. The van der Waals surface area contributed by atoms with Crippen molar-refractivity contribution in [1.82, 2.24) is 4.90 Å². The first-order valence-corrected chi connectivity index (χ1v) is 9.71. The van der Waals surface area contributed by atoms with Gasteiger partial charge in [0.05, 0.1) is 7.11 Å². The minimum absolute atomic E-state index is 0.835. The minimum atomic E-state index is 0.835. The maximum atomic E-state index is 6.26. The standard InChI is InChI=1S/C22H28ClNO/c1-25-22-9-5-3-7-20(22)11-10-18-12-15-24(16-13-18)17-14-19-6-2-4-8-21(19)23/h2-9,18H,10-17H2,1H3. The Kier molecular flexibility index (Phi) is 6.77. The number of piperidine rings is 1. The zero-order valence-electron chi connectivity index (χ0n) is 15.1. The number of benzene rings is 2. The highest BCUT2D eigenvalue weighted by Gasteiger charge is 2.19. The third-order valence-corrected chi connectivity index (χ3v) is 5.75. The van der Waals surface area contributed by atoms with Gasteiger partial charge in [-0.3, -0.25) is 0 Å². The monoisotopic (exact) mass is 357 g/mol. The molecule has 134 valence electrons. The molecular formula is C22H28ClNO. The second kappa shape index (κ2) is 9.26. The summed E-state index contributed by atoms with van der Waals surface area (Å²) in [6.07, 6.45) is 6.04. The molecular weight excluding hydrogens is 330 g/mol. The number of para-hydroxylation sites is 1. The van der Waals surface area contributed by atoms with Crippen LogP contribution in [0.2, 0.25) is 5.02 Å². The molecule has 1 aliphatic heterocycles. The van der Waals surface area contributed by atoms with Crippen molar-refractivity contribution in [2.24, 2.45) is 5.92 Å². The quantitative estimate of drug-likeness (QED) is 0.672. The average Bonchev–Trinajstić information content (AvgIpc) is 2.67. The molecule has 1 fully saturated rings. The molecule has 2 aromatic carbocycles. The first-order valence-electron chi connectivity index (χ1n) is 9.34. The van der Waals surface area contributed by atoms with Crippen LogP contribution >= 0.6 is 11.6 Å². The fraction of sp³-hybridized carbons (Fsp3) is 0.455. The highest BCUT2D eigenvalue weighted by atomic mass is 35.5. The summed E-state index contributed by atoms with van der Waals surface area (Å²) in [5.41, 5.74) is 2.61. The second-order valence-corrected chi connectivity index (χ2v) is 7.38. The van der Waals surface area contributed by atoms with Crippen LogP contribution < -0.4 is 4.74 Å². The van der Waals surface area contributed by atoms with Gasteiger partial charge in [0.1, 0.15) is 5.75 Å². The van der Waals surface area contributed by atoms with E-state index in [2.05, 4.69) is 35.2 Å². The van der Waals surface area contributed by atoms with E-state index in [-0.39, 0.29) is 0 Å². The van der Waals surface area contributed by atoms with Gasteiger partial charge in [0.2, 0.25) is 0 Å². The van der Waals surface area contributed by atoms with Crippen molar-refractivity contribution in [2.75, 3.05) is 26.7 Å². The van der Waals surface area contributed by atoms with Crippen molar-refractivity contribution in [3.63, 3.8) is 0 Å². The molecule has 0 bridgehead atoms. The zero-order valence-corrected chi connectivity index (χ0v) is 15.8. The lowest BCUT2D eigenvalue weighted by Crippen LogP contribution is -2.35. The Morgan fingerprint density at radius 1 is 0.960 bits per heavy atom. The van der Waals surface area contributed by atoms with Crippen molar-refractivity contribution in [3.05, 3.63) is 64.7 Å². The van der Waals surface area contributed by atoms with Crippen LogP contribution in [0.25, 0.3) is 0 Å². The average molecular weight is 358 g/mol. The molecule has 3 rings (SSSR count). The predicted octanol–water partition coefficient (Wildman–Crippen LogP) is 5.24. The summed E-state index contributed by atoms with van der Waals surface area (Å²) in [5, 5.41) is 0.897. The molecule has 1 heterocycles. The molecule has 0 radical (unpaired) electrons. The second-order valence-electron chi connectivity index (χ2n) is 6.98. The van der Waals surface area contributed by atoms with Gasteiger partial charge >= 0.3 is 0 Å². The Morgan fingerprint density at radius 2 is 1.64 bits per heavy atom. The van der Waals surface area contributed by atoms with Gasteiger partial charge in [-0.25, -0.2) is 0 Å². The van der Waals surface area contributed by atoms with Crippen molar-refractivity contribution in [2.45, 2.75) is 32.1 Å². The number of ether oxygens (including phenoxy) is 1. The third kappa shape index (κ3) is 5.23. The molecule has 0 unspecified atom stereocenters. The topological polar surface area (TPSA) is 12.5 Å². The van der Waals surface area contributed by atoms with E-state index in [1.54, 1.807) is 7.11 Å². The number of aryl methyl sites for hydroxylation is 1. The van der Waals surface area contributed by atoms with E-state index >= 15 is 0 Å². The van der Waals surface area contributed by atoms with E-state index in [1.165, 1.54) is 43.5 Å². The van der Waals surface area contributed by atoms with Crippen molar-refractivity contribution in [1.29, 1.82) is 0 Å². The molecule has 0 aliphatic carbocycles. The summed E-state index contributed by atoms with van der Waals surface area (Å²) in [7, 11) is 1.76. The summed E-state index contributed by atoms with van der Waals surface area (Å²) in [5.74, 6) is 1.86. The summed E-state index contributed by atoms with van der Waals surface area (Å²) in [6, 6.07) is 16.6. The molecule has 2 nitrogen and oxygen atoms in total. The number of methoxy groups -OCH3 is 1. The molecule has 0 atom stereocenters. The Hall–Kier alpha value is -1.51. The maximum Gasteiger partial charge on any atom is 0.122 e. The van der Waals surface area contributed by atoms with Gasteiger partial charge < -0.3 is 9.64 Å². The van der Waals surface area contributed by atoms with Gasteiger partial charge in [-0.2, -0.15) is 0 Å². The largest absolute Gasteiger partial charge is 0.496 e. The van der Waals surface area contributed by atoms with Gasteiger partial charge in [-0.15, -0.1) is 0 Å². The summed E-state index contributed by atoms with van der Waals surface area (Å²) >= 11 is 6.26. The lowest BCUT2D eigenvalue weighted by Gasteiger charge is -2.32. The number of nitrogens with zero attached hydrogens (tertiary/aromatic N) is 1. The number of hydrogen-bond donors (Lipinski definition) is 0. The molecule has 1 aliphatic rings. The molecule has 25 heavy (non-hydrogen) atoms. The van der Waals surface area contributed by atoms with Gasteiger partial charge in [-0.05, 0) is 74.4 Å². The van der Waals surface area contributed by atoms with Gasteiger partial charge in [0.25, 0.3) is 0 Å². The summed E-state index contributed by atoms with van der Waals surface area (Å²) in [6.45, 7) is 3.53. The first-order chi connectivity index (χ1) is 12.3. The minimum Gasteiger partial charge on any atom is -0.496 e. The first kappa shape index (κ1) is 18.3. The molecule has 0 N–H and O–H groups in total. The fourth-order valence-electron chi connectivity index (χ4n) is 3.75. The van der Waals surface area contributed by atoms with Crippen molar-refractivity contribution < 1.29 is 4.74 Å². The van der Waals surface area contributed by atoms with Crippen LogP contribution in [0.5, 0.6) is 5.75 Å². The van der Waals surface area contributed by atoms with Gasteiger partial charge in [-0.1, -0.05) is 48.0 Å². The lowest BCUT2D eigenvalue weighted by molar-refractivity contribution is 0.181. The normalized spacial score (nSPS) is 16.1. The molecule has 2 aromatic rings. The molecule has 0 aromatic heterocycles.